The van der Waals surface area contributed by atoms with Crippen LogP contribution < -0.4 is 32.1 Å². The monoisotopic (exact) mass is 917 g/mol. The van der Waals surface area contributed by atoms with E-state index in [0.717, 1.165) is 24.1 Å². The molecule has 1 aromatic carbocycles. The summed E-state index contributed by atoms with van der Waals surface area (Å²) >= 11 is 1.25. The van der Waals surface area contributed by atoms with Gasteiger partial charge in [-0.25, -0.2) is 9.78 Å². The fourth-order valence-corrected chi connectivity index (χ4v) is 9.15. The number of ether oxygens (including phenoxy) is 1. The molecule has 0 aliphatic rings. The number of nitrogens with zero attached hydrogens (tertiary/aromatic N) is 7. The number of carboxylic acid groups (broad SMARTS) is 1. The first-order chi connectivity index (χ1) is 30.2. The minimum atomic E-state index is -1.91. The highest BCUT2D eigenvalue weighted by molar-refractivity contribution is 7.16. The molecule has 4 aromatic heterocycles. The van der Waals surface area contributed by atoms with Crippen molar-refractivity contribution >= 4 is 65.1 Å². The SMILES string of the molecule is CCn1nc(C)c(CCCCCn2nc(C)cc2C(=O)O)c1C(=O)/N=c1\sc2cc(C(N)=O)cnc2n1CCCCNc1c(N)cc(C(N)=O)cc1OCCCO[Si](C)(C)C(C)(C)C. The van der Waals surface area contributed by atoms with E-state index in [4.69, 9.17) is 26.4 Å². The first-order valence-corrected chi connectivity index (χ1v) is 25.4. The number of anilines is 2. The van der Waals surface area contributed by atoms with Gasteiger partial charge in [-0.15, -0.1) is 0 Å². The summed E-state index contributed by atoms with van der Waals surface area (Å²) in [5.74, 6) is -2.26. The lowest BCUT2D eigenvalue weighted by Crippen LogP contribution is -2.41. The molecule has 0 unspecified atom stereocenters. The molecule has 5 aromatic rings. The predicted octanol–water partition coefficient (Wildman–Crippen LogP) is 6.44. The first-order valence-electron chi connectivity index (χ1n) is 21.7. The number of thiazole rings is 1. The smallest absolute Gasteiger partial charge is 0.354 e. The number of primary amides is 2. The van der Waals surface area contributed by atoms with Gasteiger partial charge in [0.25, 0.3) is 5.91 Å². The van der Waals surface area contributed by atoms with Crippen molar-refractivity contribution in [2.45, 2.75) is 124 Å². The molecule has 0 aliphatic carbocycles. The molecule has 5 rings (SSSR count). The van der Waals surface area contributed by atoms with E-state index >= 15 is 0 Å². The quantitative estimate of drug-likeness (QED) is 0.0269. The van der Waals surface area contributed by atoms with E-state index in [1.807, 2.05) is 18.4 Å². The zero-order valence-electron chi connectivity index (χ0n) is 38.2. The van der Waals surface area contributed by atoms with E-state index in [1.165, 1.54) is 28.3 Å². The number of nitrogens with two attached hydrogens (primary N) is 3. The first kappa shape index (κ1) is 49.2. The molecule has 0 fully saturated rings. The van der Waals surface area contributed by atoms with E-state index < -0.39 is 32.0 Å². The molecular weight excluding hydrogens is 855 g/mol. The Kier molecular flexibility index (Phi) is 16.3. The Morgan fingerprint density at radius 3 is 2.30 bits per heavy atom. The van der Waals surface area contributed by atoms with Crippen LogP contribution in [-0.4, -0.2) is 86.0 Å². The average molecular weight is 918 g/mol. The summed E-state index contributed by atoms with van der Waals surface area (Å²) in [7, 11) is -1.91. The van der Waals surface area contributed by atoms with Crippen LogP contribution in [0.3, 0.4) is 0 Å². The normalized spacial score (nSPS) is 12.3. The van der Waals surface area contributed by atoms with Crippen LogP contribution in [-0.2, 0) is 30.5 Å². The van der Waals surface area contributed by atoms with Crippen LogP contribution in [0.25, 0.3) is 10.3 Å². The number of hydrogen-bond donors (Lipinski definition) is 5. The van der Waals surface area contributed by atoms with Gasteiger partial charge in [0.1, 0.15) is 22.8 Å². The molecule has 0 saturated heterocycles. The Hall–Kier alpha value is -5.86. The molecule has 3 amide bonds. The Morgan fingerprint density at radius 1 is 0.906 bits per heavy atom. The molecular formula is C44H63N11O7SSi. The van der Waals surface area contributed by atoms with Crippen molar-refractivity contribution in [1.82, 2.24) is 29.1 Å². The van der Waals surface area contributed by atoms with Crippen molar-refractivity contribution in [2.24, 2.45) is 16.5 Å². The number of rotatable bonds is 23. The van der Waals surface area contributed by atoms with Gasteiger partial charge in [0, 0.05) is 56.5 Å². The third-order valence-electron chi connectivity index (χ3n) is 11.5. The number of amides is 3. The number of aromatic nitrogens is 6. The molecule has 0 spiro atoms. The van der Waals surface area contributed by atoms with E-state index in [0.29, 0.717) is 115 Å². The van der Waals surface area contributed by atoms with Crippen molar-refractivity contribution in [3.05, 3.63) is 74.7 Å². The van der Waals surface area contributed by atoms with E-state index in [-0.39, 0.29) is 21.9 Å². The highest BCUT2D eigenvalue weighted by Gasteiger charge is 2.36. The molecule has 4 heterocycles. The zero-order valence-corrected chi connectivity index (χ0v) is 40.1. The summed E-state index contributed by atoms with van der Waals surface area (Å²) in [5.41, 5.74) is 22.3. The highest BCUT2D eigenvalue weighted by atomic mass is 32.1. The van der Waals surface area contributed by atoms with Crippen LogP contribution in [0, 0.1) is 13.8 Å². The topological polar surface area (TPSA) is 263 Å². The number of benzene rings is 1. The largest absolute Gasteiger partial charge is 0.491 e. The van der Waals surface area contributed by atoms with Gasteiger partial charge in [0.2, 0.25) is 11.8 Å². The van der Waals surface area contributed by atoms with Crippen molar-refractivity contribution in [1.29, 1.82) is 0 Å². The van der Waals surface area contributed by atoms with Crippen molar-refractivity contribution in [3.8, 4) is 5.75 Å². The third-order valence-corrected chi connectivity index (χ3v) is 17.1. The molecule has 20 heteroatoms. The third kappa shape index (κ3) is 12.0. The van der Waals surface area contributed by atoms with Crippen LogP contribution in [0.5, 0.6) is 5.75 Å². The summed E-state index contributed by atoms with van der Waals surface area (Å²) in [5, 5.41) is 22.0. The number of hydrogen-bond acceptors (Lipinski definition) is 12. The minimum absolute atomic E-state index is 0.0915. The molecule has 0 bridgehead atoms. The van der Waals surface area contributed by atoms with Crippen LogP contribution >= 0.6 is 11.3 Å². The van der Waals surface area contributed by atoms with Gasteiger partial charge >= 0.3 is 5.97 Å². The molecule has 18 nitrogen and oxygen atoms in total. The fourth-order valence-electron chi connectivity index (χ4n) is 7.01. The number of unbranched alkanes of at least 4 members (excludes halogenated alkanes) is 3. The molecule has 8 N–H and O–H groups in total. The number of aryl methyl sites for hydroxylation is 5. The van der Waals surface area contributed by atoms with Gasteiger partial charge in [-0.1, -0.05) is 38.5 Å². The average Bonchev–Trinajstić information content (AvgIpc) is 3.88. The number of carbonyl (C=O) groups is 4. The summed E-state index contributed by atoms with van der Waals surface area (Å²) < 4.78 is 18.2. The molecule has 0 atom stereocenters. The van der Waals surface area contributed by atoms with Crippen LogP contribution in [0.2, 0.25) is 18.1 Å². The zero-order chi connectivity index (χ0) is 46.9. The number of nitrogens with one attached hydrogen (secondary N) is 1. The lowest BCUT2D eigenvalue weighted by atomic mass is 10.0. The van der Waals surface area contributed by atoms with Gasteiger partial charge in [-0.05, 0) is 95.3 Å². The summed E-state index contributed by atoms with van der Waals surface area (Å²) in [6.07, 6.45) is 6.21. The van der Waals surface area contributed by atoms with Crippen molar-refractivity contribution in [3.63, 3.8) is 0 Å². The molecule has 0 aliphatic heterocycles. The number of nitrogen functional groups attached to an aromatic ring is 1. The number of aromatic carboxylic acids is 1. The number of carbonyl (C=O) groups excluding carboxylic acids is 3. The van der Waals surface area contributed by atoms with E-state index in [2.05, 4.69) is 59.4 Å². The Labute approximate surface area is 378 Å². The second kappa shape index (κ2) is 21.2. The molecule has 64 heavy (non-hydrogen) atoms. The Bertz CT molecular complexity index is 2570. The van der Waals surface area contributed by atoms with Gasteiger partial charge < -0.3 is 41.4 Å². The summed E-state index contributed by atoms with van der Waals surface area (Å²) in [4.78, 5) is 59.6. The van der Waals surface area contributed by atoms with Crippen LogP contribution in [0.4, 0.5) is 11.4 Å². The summed E-state index contributed by atoms with van der Waals surface area (Å²) in [6.45, 7) is 19.3. The van der Waals surface area contributed by atoms with Crippen LogP contribution in [0.1, 0.15) is 125 Å². The Balaban J connectivity index is 1.30. The summed E-state index contributed by atoms with van der Waals surface area (Å²) in [6, 6.07) is 6.34. The standard InChI is InChI=1S/C44H63N11O7SSi/c1-9-54-37(31(28(3)52-54)16-11-10-13-19-55-33(42(59)60)22-27(2)51-55)41(58)50-43-53(40-35(63-43)25-30(26-49-40)39(47)57)18-14-12-17-48-36-32(45)23-29(38(46)56)24-34(36)61-20-15-21-62-64(7,8)44(4,5)6/h22-26,48H,9-21,45H2,1-8H3,(H2,46,56)(H2,47,57)(H,59,60)/b50-43-. The lowest BCUT2D eigenvalue weighted by Gasteiger charge is -2.36. The number of pyridine rings is 1. The molecule has 0 saturated carbocycles. The van der Waals surface area contributed by atoms with E-state index in [9.17, 15) is 24.3 Å². The van der Waals surface area contributed by atoms with Crippen LogP contribution in [0.15, 0.2) is 35.5 Å². The van der Waals surface area contributed by atoms with Crippen molar-refractivity contribution in [2.75, 3.05) is 30.8 Å². The maximum absolute atomic E-state index is 14.2. The van der Waals surface area contributed by atoms with Gasteiger partial charge in [-0.3, -0.25) is 23.7 Å². The molecule has 346 valence electrons. The fraction of sp³-hybridized carbons (Fsp3) is 0.500. The molecule has 0 radical (unpaired) electrons. The number of fused-ring (bicyclic) bond motifs is 1. The Morgan fingerprint density at radius 2 is 1.62 bits per heavy atom. The maximum atomic E-state index is 14.2. The maximum Gasteiger partial charge on any atom is 0.354 e. The minimum Gasteiger partial charge on any atom is -0.491 e. The van der Waals surface area contributed by atoms with Gasteiger partial charge in [0.05, 0.1) is 33.9 Å². The highest BCUT2D eigenvalue weighted by Crippen LogP contribution is 2.37. The van der Waals surface area contributed by atoms with Crippen molar-refractivity contribution < 1.29 is 33.4 Å². The second-order valence-corrected chi connectivity index (χ2v) is 23.2. The second-order valence-electron chi connectivity index (χ2n) is 17.3. The lowest BCUT2D eigenvalue weighted by molar-refractivity contribution is 0.0682. The number of carboxylic acids is 1. The predicted molar refractivity (Wildman–Crippen MR) is 250 cm³/mol. The van der Waals surface area contributed by atoms with Gasteiger partial charge in [0.15, 0.2) is 18.8 Å². The van der Waals surface area contributed by atoms with Gasteiger partial charge in [-0.2, -0.15) is 15.2 Å². The van der Waals surface area contributed by atoms with E-state index in [1.54, 1.807) is 29.8 Å².